The number of halogens is 1. The number of nitrogens with zero attached hydrogens (tertiary/aromatic N) is 1. The van der Waals surface area contributed by atoms with Gasteiger partial charge in [-0.3, -0.25) is 4.79 Å². The van der Waals surface area contributed by atoms with Crippen LogP contribution in [-0.4, -0.2) is 9.97 Å². The van der Waals surface area contributed by atoms with Gasteiger partial charge in [0.1, 0.15) is 23.0 Å². The maximum Gasteiger partial charge on any atom is 0.274 e. The minimum Gasteiger partial charge on any atom is -0.457 e. The van der Waals surface area contributed by atoms with Gasteiger partial charge >= 0.3 is 0 Å². The number of H-pyrrole nitrogens is 1. The van der Waals surface area contributed by atoms with Crippen molar-refractivity contribution in [2.24, 2.45) is 0 Å². The molecule has 0 saturated heterocycles. The van der Waals surface area contributed by atoms with Crippen LogP contribution < -0.4 is 5.56 Å². The lowest BCUT2D eigenvalue weighted by molar-refractivity contribution is 0.561. The van der Waals surface area contributed by atoms with Crippen LogP contribution in [0.25, 0.3) is 34.5 Å². The molecule has 0 atom stereocenters. The Hall–Kier alpha value is -3.47. The Balaban J connectivity index is 1.66. The molecule has 0 aliphatic rings. The lowest BCUT2D eigenvalue weighted by Gasteiger charge is -1.98. The minimum atomic E-state index is -0.347. The SMILES string of the molecule is O=c1[nH]c2ccccc2nc1/C=C/c1ccc(-c2ccccc2F)o1. The Morgan fingerprint density at radius 3 is 2.64 bits per heavy atom. The molecule has 2 aromatic heterocycles. The number of para-hydroxylation sites is 2. The number of rotatable bonds is 3. The highest BCUT2D eigenvalue weighted by Crippen LogP contribution is 2.25. The summed E-state index contributed by atoms with van der Waals surface area (Å²) in [5.74, 6) is 0.589. The number of benzene rings is 2. The summed E-state index contributed by atoms with van der Waals surface area (Å²) < 4.78 is 19.4. The molecule has 4 nitrogen and oxygen atoms in total. The number of hydrogen-bond donors (Lipinski definition) is 1. The monoisotopic (exact) mass is 332 g/mol. The Morgan fingerprint density at radius 2 is 1.76 bits per heavy atom. The molecule has 4 rings (SSSR count). The van der Waals surface area contributed by atoms with E-state index in [-0.39, 0.29) is 17.1 Å². The van der Waals surface area contributed by atoms with E-state index >= 15 is 0 Å². The van der Waals surface area contributed by atoms with Crippen LogP contribution in [0.15, 0.2) is 69.9 Å². The highest BCUT2D eigenvalue weighted by Gasteiger charge is 2.08. The molecule has 0 radical (unpaired) electrons. The second kappa shape index (κ2) is 6.20. The number of nitrogens with one attached hydrogen (secondary N) is 1. The number of fused-ring (bicyclic) bond motifs is 1. The van der Waals surface area contributed by atoms with E-state index < -0.39 is 0 Å². The quantitative estimate of drug-likeness (QED) is 0.601. The topological polar surface area (TPSA) is 58.9 Å². The van der Waals surface area contributed by atoms with Crippen molar-refractivity contribution in [2.45, 2.75) is 0 Å². The number of furan rings is 1. The van der Waals surface area contributed by atoms with Crippen molar-refractivity contribution in [3.8, 4) is 11.3 Å². The van der Waals surface area contributed by atoms with Gasteiger partial charge in [-0.1, -0.05) is 24.3 Å². The third-order valence-corrected chi connectivity index (χ3v) is 3.80. The molecule has 0 amide bonds. The number of hydrogen-bond acceptors (Lipinski definition) is 3. The third-order valence-electron chi connectivity index (χ3n) is 3.80. The first-order chi connectivity index (χ1) is 12.2. The van der Waals surface area contributed by atoms with Crippen LogP contribution in [0.4, 0.5) is 4.39 Å². The average Bonchev–Trinajstić information content (AvgIpc) is 3.09. The molecule has 0 unspecified atom stereocenters. The predicted octanol–water partition coefficient (Wildman–Crippen LogP) is 4.49. The molecule has 25 heavy (non-hydrogen) atoms. The number of aromatic amines is 1. The summed E-state index contributed by atoms with van der Waals surface area (Å²) in [6.45, 7) is 0. The fourth-order valence-corrected chi connectivity index (χ4v) is 2.57. The summed E-state index contributed by atoms with van der Waals surface area (Å²) in [6.07, 6.45) is 3.21. The van der Waals surface area contributed by atoms with Gasteiger partial charge in [-0.15, -0.1) is 0 Å². The molecule has 4 aromatic rings. The minimum absolute atomic E-state index is 0.280. The van der Waals surface area contributed by atoms with Crippen molar-refractivity contribution in [1.29, 1.82) is 0 Å². The third kappa shape index (κ3) is 2.99. The zero-order valence-electron chi connectivity index (χ0n) is 13.1. The number of aromatic nitrogens is 2. The van der Waals surface area contributed by atoms with Crippen molar-refractivity contribution in [2.75, 3.05) is 0 Å². The van der Waals surface area contributed by atoms with E-state index in [1.165, 1.54) is 6.07 Å². The molecule has 122 valence electrons. The van der Waals surface area contributed by atoms with Crippen molar-refractivity contribution < 1.29 is 8.81 Å². The van der Waals surface area contributed by atoms with E-state index in [1.807, 2.05) is 18.2 Å². The zero-order chi connectivity index (χ0) is 17.2. The molecule has 2 aromatic carbocycles. The smallest absolute Gasteiger partial charge is 0.274 e. The maximum absolute atomic E-state index is 13.8. The standard InChI is InChI=1S/C20H13FN2O2/c21-15-6-2-1-5-14(15)19-12-10-13(25-19)9-11-18-20(24)23-17-8-4-3-7-16(17)22-18/h1-12H,(H,23,24)/b11-9+. The highest BCUT2D eigenvalue weighted by atomic mass is 19.1. The van der Waals surface area contributed by atoms with Crippen molar-refractivity contribution in [3.63, 3.8) is 0 Å². The lowest BCUT2D eigenvalue weighted by Crippen LogP contribution is -2.11. The van der Waals surface area contributed by atoms with Gasteiger partial charge in [-0.2, -0.15) is 0 Å². The van der Waals surface area contributed by atoms with Gasteiger partial charge in [-0.05, 0) is 48.6 Å². The fourth-order valence-electron chi connectivity index (χ4n) is 2.57. The molecule has 2 heterocycles. The molecule has 0 fully saturated rings. The molecule has 0 bridgehead atoms. The summed E-state index contributed by atoms with van der Waals surface area (Å²) in [5, 5.41) is 0. The van der Waals surface area contributed by atoms with Crippen LogP contribution in [0.5, 0.6) is 0 Å². The second-order valence-corrected chi connectivity index (χ2v) is 5.48. The van der Waals surface area contributed by atoms with Gasteiger partial charge in [0.05, 0.1) is 16.6 Å². The zero-order valence-corrected chi connectivity index (χ0v) is 13.1. The van der Waals surface area contributed by atoms with E-state index in [9.17, 15) is 9.18 Å². The lowest BCUT2D eigenvalue weighted by atomic mass is 10.1. The summed E-state index contributed by atoms with van der Waals surface area (Å²) in [7, 11) is 0. The van der Waals surface area contributed by atoms with Gasteiger partial charge in [-0.25, -0.2) is 9.37 Å². The van der Waals surface area contributed by atoms with Crippen LogP contribution in [0.3, 0.4) is 0 Å². The van der Waals surface area contributed by atoms with Crippen molar-refractivity contribution in [3.05, 3.63) is 88.3 Å². The first-order valence-corrected chi connectivity index (χ1v) is 7.72. The van der Waals surface area contributed by atoms with Crippen molar-refractivity contribution in [1.82, 2.24) is 9.97 Å². The summed E-state index contributed by atoms with van der Waals surface area (Å²) in [6, 6.07) is 17.1. The van der Waals surface area contributed by atoms with Crippen LogP contribution in [0.1, 0.15) is 11.5 Å². The van der Waals surface area contributed by atoms with Crippen LogP contribution in [-0.2, 0) is 0 Å². The van der Waals surface area contributed by atoms with Gasteiger partial charge in [0.25, 0.3) is 5.56 Å². The van der Waals surface area contributed by atoms with Crippen LogP contribution in [0, 0.1) is 5.82 Å². The van der Waals surface area contributed by atoms with Gasteiger partial charge < -0.3 is 9.40 Å². The molecule has 5 heteroatoms. The van der Waals surface area contributed by atoms with Crippen LogP contribution in [0.2, 0.25) is 0 Å². The molecule has 0 aliphatic carbocycles. The summed E-state index contributed by atoms with van der Waals surface area (Å²) >= 11 is 0. The molecule has 1 N–H and O–H groups in total. The summed E-state index contributed by atoms with van der Waals surface area (Å²) in [5.41, 5.74) is 1.78. The Morgan fingerprint density at radius 1 is 0.960 bits per heavy atom. The first kappa shape index (κ1) is 15.1. The second-order valence-electron chi connectivity index (χ2n) is 5.48. The predicted molar refractivity (Wildman–Crippen MR) is 95.4 cm³/mol. The van der Waals surface area contributed by atoms with E-state index in [2.05, 4.69) is 9.97 Å². The Labute approximate surface area is 142 Å². The Kier molecular flexibility index (Phi) is 3.74. The maximum atomic E-state index is 13.8. The summed E-state index contributed by atoms with van der Waals surface area (Å²) in [4.78, 5) is 19.2. The Bertz CT molecular complexity index is 1140. The largest absolute Gasteiger partial charge is 0.457 e. The van der Waals surface area contributed by atoms with E-state index in [0.29, 0.717) is 28.1 Å². The van der Waals surface area contributed by atoms with Gasteiger partial charge in [0, 0.05) is 0 Å². The molecule has 0 spiro atoms. The van der Waals surface area contributed by atoms with Crippen LogP contribution >= 0.6 is 0 Å². The van der Waals surface area contributed by atoms with E-state index in [0.717, 1.165) is 0 Å². The van der Waals surface area contributed by atoms with Gasteiger partial charge in [0.15, 0.2) is 0 Å². The first-order valence-electron chi connectivity index (χ1n) is 7.72. The fraction of sp³-hybridized carbons (Fsp3) is 0. The molecular formula is C20H13FN2O2. The van der Waals surface area contributed by atoms with E-state index in [4.69, 9.17) is 4.42 Å². The molecular weight excluding hydrogens is 319 g/mol. The molecule has 0 aliphatic heterocycles. The van der Waals surface area contributed by atoms with Crippen molar-refractivity contribution >= 4 is 23.2 Å². The highest BCUT2D eigenvalue weighted by molar-refractivity contribution is 5.76. The van der Waals surface area contributed by atoms with E-state index in [1.54, 1.807) is 48.6 Å². The average molecular weight is 332 g/mol. The van der Waals surface area contributed by atoms with Gasteiger partial charge in [0.2, 0.25) is 0 Å². The molecule has 0 saturated carbocycles. The normalized spacial score (nSPS) is 11.4.